The summed E-state index contributed by atoms with van der Waals surface area (Å²) in [6.45, 7) is 5.60. The van der Waals surface area contributed by atoms with Gasteiger partial charge in [0.05, 0.1) is 22.8 Å². The first-order valence-electron chi connectivity index (χ1n) is 15.1. The normalized spacial score (nSPS) is 13.1. The second-order valence-corrected chi connectivity index (χ2v) is 11.6. The van der Waals surface area contributed by atoms with Crippen molar-refractivity contribution in [2.45, 2.75) is 40.0 Å². The third-order valence-corrected chi connectivity index (χ3v) is 7.82. The lowest BCUT2D eigenvalue weighted by Crippen LogP contribution is -2.34. The van der Waals surface area contributed by atoms with E-state index in [4.69, 9.17) is 8.53 Å². The molecule has 0 amide bonds. The molecule has 2 aromatic heterocycles. The van der Waals surface area contributed by atoms with Crippen LogP contribution in [0.15, 0.2) is 89.5 Å². The number of aryl methyl sites for hydroxylation is 3. The summed E-state index contributed by atoms with van der Waals surface area (Å²) < 4.78 is 48.6. The van der Waals surface area contributed by atoms with Gasteiger partial charge in [-0.25, -0.2) is 8.96 Å². The first-order chi connectivity index (χ1) is 20.8. The first kappa shape index (κ1) is 23.0. The van der Waals surface area contributed by atoms with Crippen LogP contribution in [0.4, 0.5) is 4.39 Å². The van der Waals surface area contributed by atoms with Crippen LogP contribution in [0.3, 0.4) is 0 Å². The number of halogens is 1. The lowest BCUT2D eigenvalue weighted by Gasteiger charge is -2.18. The van der Waals surface area contributed by atoms with Crippen molar-refractivity contribution >= 4 is 21.9 Å². The van der Waals surface area contributed by atoms with E-state index in [0.29, 0.717) is 44.7 Å². The maximum Gasteiger partial charge on any atom is 0.219 e. The summed E-state index contributed by atoms with van der Waals surface area (Å²) in [5.41, 5.74) is 6.95. The smallest absolute Gasteiger partial charge is 0.219 e. The van der Waals surface area contributed by atoms with E-state index in [1.165, 1.54) is 0 Å². The molecule has 0 aliphatic heterocycles. The number of fused-ring (bicyclic) bond motifs is 3. The van der Waals surface area contributed by atoms with Crippen molar-refractivity contribution in [3.8, 4) is 39.6 Å². The Morgan fingerprint density at radius 1 is 0.854 bits per heavy atom. The molecule has 0 N–H and O–H groups in total. The van der Waals surface area contributed by atoms with Gasteiger partial charge in [-0.2, -0.15) is 5.26 Å². The Kier molecular flexibility index (Phi) is 5.45. The number of hydrogen-bond donors (Lipinski definition) is 0. The highest BCUT2D eigenvalue weighted by Gasteiger charge is 2.28. The highest BCUT2D eigenvalue weighted by molar-refractivity contribution is 6.14. The molecule has 0 unspecified atom stereocenters. The van der Waals surface area contributed by atoms with Gasteiger partial charge in [-0.15, -0.1) is 0 Å². The molecule has 0 saturated carbocycles. The molecule has 4 aromatic carbocycles. The Morgan fingerprint density at radius 2 is 1.54 bits per heavy atom. The Labute approximate surface area is 244 Å². The van der Waals surface area contributed by atoms with Crippen molar-refractivity contribution in [3.63, 3.8) is 0 Å². The van der Waals surface area contributed by atoms with Crippen LogP contribution >= 0.6 is 0 Å². The van der Waals surface area contributed by atoms with E-state index in [1.54, 1.807) is 24.3 Å². The van der Waals surface area contributed by atoms with Crippen LogP contribution in [0.25, 0.3) is 55.4 Å². The molecule has 6 rings (SSSR count). The number of hydrogen-bond acceptors (Lipinski definition) is 2. The SMILES string of the molecule is [2H]C([2H])([2H])c1ccc(-c2c(C#N)ccc3c2oc2c(-c4cc(F)c(C(C)(C)C)c[n+]4C)c(C)ccc23)cc1-c1ccccc1. The summed E-state index contributed by atoms with van der Waals surface area (Å²) in [6, 6.07) is 26.0. The van der Waals surface area contributed by atoms with Crippen LogP contribution in [-0.2, 0) is 12.5 Å². The van der Waals surface area contributed by atoms with Crippen LogP contribution in [0.1, 0.15) is 47.1 Å². The van der Waals surface area contributed by atoms with E-state index in [9.17, 15) is 5.26 Å². The van der Waals surface area contributed by atoms with Crippen LogP contribution in [0.5, 0.6) is 0 Å². The molecule has 4 heteroatoms. The third kappa shape index (κ3) is 4.39. The standard InChI is InChI=1S/C37H32FN2O/c1-22-12-14-25(18-29(22)24-10-8-7-9-11-24)34-26(20-39)15-17-28-27-16-13-23(2)33(35(27)41-36(28)34)32-19-31(38)30(21-40(32)6)37(3,4)5/h7-19,21H,1-6H3/q+1/i1D3. The largest absolute Gasteiger partial charge is 0.454 e. The highest BCUT2D eigenvalue weighted by Crippen LogP contribution is 2.43. The number of nitrogens with zero attached hydrogens (tertiary/aromatic N) is 2. The molecule has 0 bridgehead atoms. The summed E-state index contributed by atoms with van der Waals surface area (Å²) in [5.74, 6) is -0.284. The van der Waals surface area contributed by atoms with Crippen molar-refractivity contribution < 1.29 is 17.5 Å². The maximum atomic E-state index is 15.5. The zero-order chi connectivity index (χ0) is 31.6. The molecule has 0 atom stereocenters. The Bertz CT molecular complexity index is 2130. The molecular weight excluding hydrogens is 507 g/mol. The van der Waals surface area contributed by atoms with E-state index < -0.39 is 6.85 Å². The van der Waals surface area contributed by atoms with Gasteiger partial charge in [0.1, 0.15) is 24.0 Å². The van der Waals surface area contributed by atoms with Gasteiger partial charge in [0, 0.05) is 26.5 Å². The molecule has 0 fully saturated rings. The quantitative estimate of drug-likeness (QED) is 0.209. The summed E-state index contributed by atoms with van der Waals surface area (Å²) in [7, 11) is 1.90. The van der Waals surface area contributed by atoms with E-state index in [1.807, 2.05) is 100 Å². The van der Waals surface area contributed by atoms with Gasteiger partial charge < -0.3 is 4.42 Å². The van der Waals surface area contributed by atoms with Crippen molar-refractivity contribution in [1.82, 2.24) is 0 Å². The minimum Gasteiger partial charge on any atom is -0.454 e. The lowest BCUT2D eigenvalue weighted by atomic mass is 9.87. The Balaban J connectivity index is 1.66. The van der Waals surface area contributed by atoms with E-state index >= 15 is 4.39 Å². The monoisotopic (exact) mass is 542 g/mol. The number of benzene rings is 4. The molecule has 3 nitrogen and oxygen atoms in total. The van der Waals surface area contributed by atoms with Gasteiger partial charge in [0.2, 0.25) is 5.69 Å². The Morgan fingerprint density at radius 3 is 2.22 bits per heavy atom. The number of pyridine rings is 1. The molecule has 202 valence electrons. The lowest BCUT2D eigenvalue weighted by molar-refractivity contribution is -0.661. The van der Waals surface area contributed by atoms with Gasteiger partial charge in [-0.05, 0) is 65.2 Å². The zero-order valence-electron chi connectivity index (χ0n) is 26.8. The van der Waals surface area contributed by atoms with Crippen LogP contribution in [0, 0.1) is 30.9 Å². The van der Waals surface area contributed by atoms with Gasteiger partial charge in [0.25, 0.3) is 0 Å². The van der Waals surface area contributed by atoms with E-state index in [2.05, 4.69) is 6.07 Å². The number of rotatable bonds is 3. The van der Waals surface area contributed by atoms with Crippen LogP contribution < -0.4 is 4.57 Å². The molecule has 0 radical (unpaired) electrons. The van der Waals surface area contributed by atoms with Crippen molar-refractivity contribution in [3.05, 3.63) is 113 Å². The Hall–Kier alpha value is -4.75. The molecule has 0 spiro atoms. The second-order valence-electron chi connectivity index (χ2n) is 11.6. The maximum absolute atomic E-state index is 15.5. The molecule has 2 heterocycles. The van der Waals surface area contributed by atoms with Gasteiger partial charge in [0.15, 0.2) is 6.20 Å². The predicted molar refractivity (Wildman–Crippen MR) is 164 cm³/mol. The molecule has 0 saturated heterocycles. The minimum absolute atomic E-state index is 0.230. The highest BCUT2D eigenvalue weighted by atomic mass is 19.1. The first-order valence-corrected chi connectivity index (χ1v) is 13.6. The van der Waals surface area contributed by atoms with Crippen molar-refractivity contribution in [2.75, 3.05) is 0 Å². The summed E-state index contributed by atoms with van der Waals surface area (Å²) in [5, 5.41) is 11.8. The van der Waals surface area contributed by atoms with E-state index in [0.717, 1.165) is 27.5 Å². The second kappa shape index (κ2) is 9.71. The fourth-order valence-corrected chi connectivity index (χ4v) is 5.68. The molecular formula is C37H32FN2O+. The fourth-order valence-electron chi connectivity index (χ4n) is 5.68. The van der Waals surface area contributed by atoms with Crippen molar-refractivity contribution in [2.24, 2.45) is 7.05 Å². The molecule has 0 aliphatic carbocycles. The summed E-state index contributed by atoms with van der Waals surface area (Å²) in [6.07, 6.45) is 1.84. The molecule has 41 heavy (non-hydrogen) atoms. The number of furan rings is 1. The zero-order valence-corrected chi connectivity index (χ0v) is 23.8. The average Bonchev–Trinajstić information content (AvgIpc) is 3.35. The van der Waals surface area contributed by atoms with Gasteiger partial charge in [-0.3, -0.25) is 0 Å². The number of nitriles is 1. The van der Waals surface area contributed by atoms with Gasteiger partial charge in [-0.1, -0.05) is 75.4 Å². The van der Waals surface area contributed by atoms with E-state index in [-0.39, 0.29) is 16.8 Å². The minimum atomic E-state index is -2.33. The average molecular weight is 543 g/mol. The molecule has 0 aliphatic rings. The van der Waals surface area contributed by atoms with Crippen molar-refractivity contribution in [1.29, 1.82) is 5.26 Å². The molecule has 6 aromatic rings. The van der Waals surface area contributed by atoms with Gasteiger partial charge >= 0.3 is 0 Å². The van der Waals surface area contributed by atoms with Crippen LogP contribution in [0.2, 0.25) is 0 Å². The number of aromatic nitrogens is 1. The van der Waals surface area contributed by atoms with Crippen LogP contribution in [-0.4, -0.2) is 0 Å². The topological polar surface area (TPSA) is 40.8 Å². The summed E-state index contributed by atoms with van der Waals surface area (Å²) in [4.78, 5) is 0. The fraction of sp³-hybridized carbons (Fsp3) is 0.189. The third-order valence-electron chi connectivity index (χ3n) is 7.82. The predicted octanol–water partition coefficient (Wildman–Crippen LogP) is 9.34. The summed E-state index contributed by atoms with van der Waals surface area (Å²) >= 11 is 0.